The minimum atomic E-state index is -1.34. The van der Waals surface area contributed by atoms with E-state index in [4.69, 9.17) is 15.3 Å². The number of hydrogen-bond donors (Lipinski definition) is 4. The normalized spacial score (nSPS) is 11.4. The molecule has 0 saturated carbocycles. The largest absolute Gasteiger partial charge is 0.394 e. The Kier molecular flexibility index (Phi) is 4.88. The number of carbonyl (C=O) groups excluding carboxylic acids is 1. The van der Waals surface area contributed by atoms with E-state index in [1.54, 1.807) is 0 Å². The summed E-state index contributed by atoms with van der Waals surface area (Å²) in [5, 5.41) is 31.4. The fourth-order valence-corrected chi connectivity index (χ4v) is 1.88. The molecule has 5 nitrogen and oxygen atoms in total. The second-order valence-corrected chi connectivity index (χ2v) is 4.59. The molecular weight excluding hydrogens is 230 g/mol. The van der Waals surface area contributed by atoms with Gasteiger partial charge in [0.1, 0.15) is 5.54 Å². The molecule has 0 bridgehead atoms. The van der Waals surface area contributed by atoms with Crippen molar-refractivity contribution in [1.29, 1.82) is 0 Å². The molecule has 0 radical (unpaired) electrons. The number of hydrogen-bond acceptors (Lipinski definition) is 5. The van der Waals surface area contributed by atoms with Crippen molar-refractivity contribution >= 4 is 17.2 Å². The highest BCUT2D eigenvalue weighted by molar-refractivity contribution is 7.10. The highest BCUT2D eigenvalue weighted by Gasteiger charge is 2.29. The Balaban J connectivity index is 2.55. The highest BCUT2D eigenvalue weighted by atomic mass is 32.1. The molecular formula is C10H15NO4S. The number of rotatable bonds is 6. The lowest BCUT2D eigenvalue weighted by Crippen LogP contribution is -2.57. The maximum atomic E-state index is 11.6. The Bertz CT molecular complexity index is 313. The van der Waals surface area contributed by atoms with E-state index in [0.29, 0.717) is 0 Å². The first-order chi connectivity index (χ1) is 7.65. The predicted octanol–water partition coefficient (Wildman–Crippen LogP) is -0.878. The molecule has 0 unspecified atom stereocenters. The Morgan fingerprint density at radius 2 is 1.94 bits per heavy atom. The Morgan fingerprint density at radius 3 is 2.38 bits per heavy atom. The Hall–Kier alpha value is -0.950. The van der Waals surface area contributed by atoms with Crippen LogP contribution < -0.4 is 5.32 Å². The van der Waals surface area contributed by atoms with Crippen molar-refractivity contribution < 1.29 is 20.1 Å². The molecule has 0 aliphatic heterocycles. The second kappa shape index (κ2) is 5.95. The van der Waals surface area contributed by atoms with Gasteiger partial charge in [-0.05, 0) is 11.4 Å². The first-order valence-corrected chi connectivity index (χ1v) is 5.70. The van der Waals surface area contributed by atoms with Crippen molar-refractivity contribution in [1.82, 2.24) is 5.32 Å². The summed E-state index contributed by atoms with van der Waals surface area (Å²) in [5.74, 6) is -0.334. The molecule has 0 spiro atoms. The van der Waals surface area contributed by atoms with Gasteiger partial charge in [-0.1, -0.05) is 6.07 Å². The summed E-state index contributed by atoms with van der Waals surface area (Å²) in [5.41, 5.74) is -1.34. The number of aliphatic hydroxyl groups is 3. The minimum absolute atomic E-state index is 0.180. The monoisotopic (exact) mass is 245 g/mol. The van der Waals surface area contributed by atoms with Gasteiger partial charge in [-0.2, -0.15) is 0 Å². The van der Waals surface area contributed by atoms with Crippen LogP contribution in [0.3, 0.4) is 0 Å². The van der Waals surface area contributed by atoms with E-state index in [1.165, 1.54) is 11.3 Å². The summed E-state index contributed by atoms with van der Waals surface area (Å²) in [6.07, 6.45) is 0.180. The van der Waals surface area contributed by atoms with Gasteiger partial charge in [-0.15, -0.1) is 11.3 Å². The molecule has 1 amide bonds. The molecule has 4 N–H and O–H groups in total. The molecule has 6 heteroatoms. The zero-order valence-corrected chi connectivity index (χ0v) is 9.54. The van der Waals surface area contributed by atoms with Gasteiger partial charge in [-0.3, -0.25) is 4.79 Å². The predicted molar refractivity (Wildman–Crippen MR) is 60.2 cm³/mol. The van der Waals surface area contributed by atoms with Gasteiger partial charge >= 0.3 is 0 Å². The second-order valence-electron chi connectivity index (χ2n) is 3.56. The van der Waals surface area contributed by atoms with Crippen molar-refractivity contribution in [2.45, 2.75) is 12.0 Å². The zero-order valence-electron chi connectivity index (χ0n) is 8.72. The molecule has 0 atom stereocenters. The molecule has 0 saturated heterocycles. The lowest BCUT2D eigenvalue weighted by Gasteiger charge is -2.28. The van der Waals surface area contributed by atoms with Crippen LogP contribution in [0.25, 0.3) is 0 Å². The smallest absolute Gasteiger partial charge is 0.225 e. The van der Waals surface area contributed by atoms with Crippen LogP contribution in [0, 0.1) is 0 Å². The molecule has 1 heterocycles. The van der Waals surface area contributed by atoms with Crippen molar-refractivity contribution in [3.63, 3.8) is 0 Å². The van der Waals surface area contributed by atoms with E-state index in [-0.39, 0.29) is 12.3 Å². The summed E-state index contributed by atoms with van der Waals surface area (Å²) in [6, 6.07) is 3.66. The third-order valence-corrected chi connectivity index (χ3v) is 3.10. The first-order valence-electron chi connectivity index (χ1n) is 4.82. The van der Waals surface area contributed by atoms with Gasteiger partial charge in [0.15, 0.2) is 0 Å². The van der Waals surface area contributed by atoms with Gasteiger partial charge in [0.25, 0.3) is 0 Å². The number of amides is 1. The van der Waals surface area contributed by atoms with Crippen LogP contribution in [0.15, 0.2) is 17.5 Å². The molecule has 0 aromatic carbocycles. The molecule has 0 aliphatic rings. The van der Waals surface area contributed by atoms with E-state index < -0.39 is 25.4 Å². The van der Waals surface area contributed by atoms with E-state index in [1.807, 2.05) is 17.5 Å². The minimum Gasteiger partial charge on any atom is -0.394 e. The third kappa shape index (κ3) is 3.28. The van der Waals surface area contributed by atoms with Crippen LogP contribution in [0.2, 0.25) is 0 Å². The topological polar surface area (TPSA) is 89.8 Å². The van der Waals surface area contributed by atoms with Crippen molar-refractivity contribution in [2.75, 3.05) is 19.8 Å². The fraction of sp³-hybridized carbons (Fsp3) is 0.500. The van der Waals surface area contributed by atoms with Crippen molar-refractivity contribution in [2.24, 2.45) is 0 Å². The number of carbonyl (C=O) groups is 1. The molecule has 0 fully saturated rings. The lowest BCUT2D eigenvalue weighted by atomic mass is 10.0. The molecule has 1 aromatic rings. The lowest BCUT2D eigenvalue weighted by molar-refractivity contribution is -0.124. The summed E-state index contributed by atoms with van der Waals surface area (Å²) < 4.78 is 0. The van der Waals surface area contributed by atoms with Crippen LogP contribution in [-0.4, -0.2) is 46.6 Å². The van der Waals surface area contributed by atoms with Crippen LogP contribution in [0.5, 0.6) is 0 Å². The van der Waals surface area contributed by atoms with Gasteiger partial charge in [-0.25, -0.2) is 0 Å². The maximum Gasteiger partial charge on any atom is 0.225 e. The quantitative estimate of drug-likeness (QED) is 0.524. The third-order valence-electron chi connectivity index (χ3n) is 2.23. The Labute approximate surface area is 97.4 Å². The summed E-state index contributed by atoms with van der Waals surface area (Å²) in [7, 11) is 0. The van der Waals surface area contributed by atoms with Crippen LogP contribution in [0.1, 0.15) is 4.88 Å². The van der Waals surface area contributed by atoms with Crippen molar-refractivity contribution in [3.8, 4) is 0 Å². The fourth-order valence-electron chi connectivity index (χ4n) is 1.18. The van der Waals surface area contributed by atoms with Crippen molar-refractivity contribution in [3.05, 3.63) is 22.4 Å². The van der Waals surface area contributed by atoms with Crippen LogP contribution in [0.4, 0.5) is 0 Å². The highest BCUT2D eigenvalue weighted by Crippen LogP contribution is 2.10. The van der Waals surface area contributed by atoms with E-state index in [2.05, 4.69) is 5.32 Å². The average molecular weight is 245 g/mol. The van der Waals surface area contributed by atoms with Crippen LogP contribution in [-0.2, 0) is 11.2 Å². The standard InChI is InChI=1S/C10H15NO4S/c12-5-10(6-13,7-14)11-9(15)4-8-2-1-3-16-8/h1-3,12-14H,4-7H2,(H,11,15). The van der Waals surface area contributed by atoms with Gasteiger partial charge in [0.2, 0.25) is 5.91 Å². The molecule has 16 heavy (non-hydrogen) atoms. The molecule has 1 aromatic heterocycles. The molecule has 0 aliphatic carbocycles. The number of aliphatic hydroxyl groups excluding tert-OH is 3. The van der Waals surface area contributed by atoms with Crippen LogP contribution >= 0.6 is 11.3 Å². The SMILES string of the molecule is O=C(Cc1cccs1)NC(CO)(CO)CO. The summed E-state index contributed by atoms with van der Waals surface area (Å²) in [6.45, 7) is -1.51. The molecule has 1 rings (SSSR count). The summed E-state index contributed by atoms with van der Waals surface area (Å²) in [4.78, 5) is 12.5. The zero-order chi connectivity index (χ0) is 12.0. The number of nitrogens with one attached hydrogen (secondary N) is 1. The average Bonchev–Trinajstić information content (AvgIpc) is 2.79. The van der Waals surface area contributed by atoms with E-state index in [0.717, 1.165) is 4.88 Å². The Morgan fingerprint density at radius 1 is 1.31 bits per heavy atom. The first kappa shape index (κ1) is 13.1. The summed E-state index contributed by atoms with van der Waals surface area (Å²) >= 11 is 1.45. The van der Waals surface area contributed by atoms with Gasteiger partial charge < -0.3 is 20.6 Å². The van der Waals surface area contributed by atoms with Gasteiger partial charge in [0.05, 0.1) is 26.2 Å². The van der Waals surface area contributed by atoms with Gasteiger partial charge in [0, 0.05) is 4.88 Å². The van der Waals surface area contributed by atoms with E-state index in [9.17, 15) is 4.79 Å². The van der Waals surface area contributed by atoms with E-state index >= 15 is 0 Å². The maximum absolute atomic E-state index is 11.6. The number of thiophene rings is 1. The molecule has 90 valence electrons.